The summed E-state index contributed by atoms with van der Waals surface area (Å²) in [6, 6.07) is 0. The molecule has 1 aliphatic heterocycles. The van der Waals surface area contributed by atoms with Crippen LogP contribution in [0.25, 0.3) is 0 Å². The van der Waals surface area contributed by atoms with E-state index in [9.17, 15) is 4.79 Å². The van der Waals surface area contributed by atoms with Gasteiger partial charge in [-0.3, -0.25) is 9.89 Å². The molecule has 1 amide bonds. The third-order valence-corrected chi connectivity index (χ3v) is 4.01. The van der Waals surface area contributed by atoms with Crippen LogP contribution in [0.2, 0.25) is 0 Å². The average molecular weight is 239 g/mol. The van der Waals surface area contributed by atoms with Crippen molar-refractivity contribution in [3.05, 3.63) is 17.0 Å². The van der Waals surface area contributed by atoms with Crippen molar-refractivity contribution in [2.45, 2.75) is 26.0 Å². The number of carbonyl (C=O) groups is 1. The molecule has 1 atom stereocenters. The quantitative estimate of drug-likeness (QED) is 0.810. The lowest BCUT2D eigenvalue weighted by atomic mass is 10.1. The molecule has 16 heavy (non-hydrogen) atoms. The standard InChI is InChI=1S/C11H17N3OS/c1-7-6-14(4-5-16-7)11(15)10-8(2)12-13-9(10)3/h7H,4-6H2,1-3H3,(H,12,13). The van der Waals surface area contributed by atoms with Crippen LogP contribution in [-0.4, -0.2) is 45.1 Å². The van der Waals surface area contributed by atoms with Crippen LogP contribution in [0, 0.1) is 13.8 Å². The number of rotatable bonds is 1. The van der Waals surface area contributed by atoms with Crippen molar-refractivity contribution in [3.63, 3.8) is 0 Å². The van der Waals surface area contributed by atoms with Crippen LogP contribution in [-0.2, 0) is 0 Å². The molecule has 2 heterocycles. The Kier molecular flexibility index (Phi) is 3.23. The second kappa shape index (κ2) is 4.49. The minimum Gasteiger partial charge on any atom is -0.337 e. The molecule has 1 saturated heterocycles. The molecular formula is C11H17N3OS. The van der Waals surface area contributed by atoms with Crippen molar-refractivity contribution in [1.29, 1.82) is 0 Å². The maximum absolute atomic E-state index is 12.3. The van der Waals surface area contributed by atoms with Crippen molar-refractivity contribution in [2.24, 2.45) is 0 Å². The highest BCUT2D eigenvalue weighted by atomic mass is 32.2. The van der Waals surface area contributed by atoms with Crippen LogP contribution < -0.4 is 0 Å². The van der Waals surface area contributed by atoms with Gasteiger partial charge in [-0.25, -0.2) is 0 Å². The van der Waals surface area contributed by atoms with Crippen LogP contribution in [0.3, 0.4) is 0 Å². The van der Waals surface area contributed by atoms with Crippen molar-refractivity contribution in [3.8, 4) is 0 Å². The molecule has 0 spiro atoms. The molecule has 1 fully saturated rings. The Morgan fingerprint density at radius 3 is 2.88 bits per heavy atom. The van der Waals surface area contributed by atoms with E-state index in [0.717, 1.165) is 35.8 Å². The van der Waals surface area contributed by atoms with Crippen LogP contribution in [0.4, 0.5) is 0 Å². The van der Waals surface area contributed by atoms with Crippen LogP contribution in [0.1, 0.15) is 28.7 Å². The zero-order valence-corrected chi connectivity index (χ0v) is 10.7. The van der Waals surface area contributed by atoms with Crippen molar-refractivity contribution >= 4 is 17.7 Å². The summed E-state index contributed by atoms with van der Waals surface area (Å²) in [4.78, 5) is 14.2. The molecule has 0 aromatic carbocycles. The van der Waals surface area contributed by atoms with Gasteiger partial charge in [-0.15, -0.1) is 0 Å². The smallest absolute Gasteiger partial charge is 0.257 e. The number of nitrogens with zero attached hydrogens (tertiary/aromatic N) is 2. The Hall–Kier alpha value is -0.970. The molecule has 5 heteroatoms. The highest BCUT2D eigenvalue weighted by molar-refractivity contribution is 7.99. The SMILES string of the molecule is Cc1n[nH]c(C)c1C(=O)N1CCSC(C)C1. The van der Waals surface area contributed by atoms with Gasteiger partial charge in [0.05, 0.1) is 11.3 Å². The van der Waals surface area contributed by atoms with Gasteiger partial charge in [-0.1, -0.05) is 6.92 Å². The summed E-state index contributed by atoms with van der Waals surface area (Å²) >= 11 is 1.93. The molecule has 0 bridgehead atoms. The lowest BCUT2D eigenvalue weighted by Gasteiger charge is -2.30. The third kappa shape index (κ3) is 2.09. The molecule has 0 radical (unpaired) electrons. The number of aromatic nitrogens is 2. The molecule has 1 aromatic heterocycles. The Balaban J connectivity index is 2.18. The van der Waals surface area contributed by atoms with Crippen molar-refractivity contribution in [2.75, 3.05) is 18.8 Å². The number of aromatic amines is 1. The van der Waals surface area contributed by atoms with E-state index in [2.05, 4.69) is 17.1 Å². The van der Waals surface area contributed by atoms with Crippen LogP contribution in [0.5, 0.6) is 0 Å². The van der Waals surface area contributed by atoms with Crippen LogP contribution >= 0.6 is 11.8 Å². The van der Waals surface area contributed by atoms with Gasteiger partial charge in [-0.05, 0) is 13.8 Å². The van der Waals surface area contributed by atoms with Gasteiger partial charge in [0.25, 0.3) is 5.91 Å². The number of hydrogen-bond acceptors (Lipinski definition) is 3. The first-order valence-electron chi connectivity index (χ1n) is 5.52. The first kappa shape index (κ1) is 11.5. The van der Waals surface area contributed by atoms with Gasteiger partial charge < -0.3 is 4.90 Å². The van der Waals surface area contributed by atoms with Gasteiger partial charge in [-0.2, -0.15) is 16.9 Å². The van der Waals surface area contributed by atoms with E-state index in [4.69, 9.17) is 0 Å². The van der Waals surface area contributed by atoms with E-state index in [1.165, 1.54) is 0 Å². The first-order chi connectivity index (χ1) is 7.59. The molecule has 1 aliphatic rings. The Morgan fingerprint density at radius 2 is 2.31 bits per heavy atom. The molecule has 1 unspecified atom stereocenters. The summed E-state index contributed by atoms with van der Waals surface area (Å²) in [6.45, 7) is 7.62. The van der Waals surface area contributed by atoms with Gasteiger partial charge in [0.2, 0.25) is 0 Å². The van der Waals surface area contributed by atoms with E-state index >= 15 is 0 Å². The lowest BCUT2D eigenvalue weighted by Crippen LogP contribution is -2.41. The van der Waals surface area contributed by atoms with E-state index in [0.29, 0.717) is 5.25 Å². The van der Waals surface area contributed by atoms with E-state index in [1.807, 2.05) is 30.5 Å². The monoisotopic (exact) mass is 239 g/mol. The van der Waals surface area contributed by atoms with Gasteiger partial charge in [0, 0.05) is 29.8 Å². The zero-order chi connectivity index (χ0) is 11.7. The second-order valence-corrected chi connectivity index (χ2v) is 5.79. The number of H-pyrrole nitrogens is 1. The maximum Gasteiger partial charge on any atom is 0.257 e. The summed E-state index contributed by atoms with van der Waals surface area (Å²) in [6.07, 6.45) is 0. The number of amides is 1. The Bertz CT molecular complexity index is 382. The third-order valence-electron chi connectivity index (χ3n) is 2.87. The zero-order valence-electron chi connectivity index (χ0n) is 9.91. The molecule has 1 N–H and O–H groups in total. The first-order valence-corrected chi connectivity index (χ1v) is 6.57. The second-order valence-electron chi connectivity index (χ2n) is 4.24. The van der Waals surface area contributed by atoms with Gasteiger partial charge >= 0.3 is 0 Å². The predicted octanol–water partition coefficient (Wildman–Crippen LogP) is 1.60. The fourth-order valence-electron chi connectivity index (χ4n) is 2.03. The fourth-order valence-corrected chi connectivity index (χ4v) is 3.04. The Labute approximate surface area is 99.8 Å². The summed E-state index contributed by atoms with van der Waals surface area (Å²) in [5.41, 5.74) is 2.42. The summed E-state index contributed by atoms with van der Waals surface area (Å²) in [7, 11) is 0. The summed E-state index contributed by atoms with van der Waals surface area (Å²) in [5, 5.41) is 7.47. The number of carbonyl (C=O) groups excluding carboxylic acids is 1. The Morgan fingerprint density at radius 1 is 1.56 bits per heavy atom. The summed E-state index contributed by atoms with van der Waals surface area (Å²) < 4.78 is 0. The fraction of sp³-hybridized carbons (Fsp3) is 0.636. The summed E-state index contributed by atoms with van der Waals surface area (Å²) in [5.74, 6) is 1.15. The lowest BCUT2D eigenvalue weighted by molar-refractivity contribution is 0.0762. The molecule has 4 nitrogen and oxygen atoms in total. The molecule has 0 saturated carbocycles. The highest BCUT2D eigenvalue weighted by Gasteiger charge is 2.25. The molecular weight excluding hydrogens is 222 g/mol. The minimum atomic E-state index is 0.121. The van der Waals surface area contributed by atoms with Crippen molar-refractivity contribution in [1.82, 2.24) is 15.1 Å². The van der Waals surface area contributed by atoms with Gasteiger partial charge in [0.1, 0.15) is 0 Å². The van der Waals surface area contributed by atoms with Crippen LogP contribution in [0.15, 0.2) is 0 Å². The van der Waals surface area contributed by atoms with Gasteiger partial charge in [0.15, 0.2) is 0 Å². The normalized spacial score (nSPS) is 21.2. The predicted molar refractivity (Wildman–Crippen MR) is 65.9 cm³/mol. The average Bonchev–Trinajstić information content (AvgIpc) is 2.58. The number of hydrogen-bond donors (Lipinski definition) is 1. The maximum atomic E-state index is 12.3. The molecule has 2 rings (SSSR count). The largest absolute Gasteiger partial charge is 0.337 e. The molecule has 0 aliphatic carbocycles. The number of thioether (sulfide) groups is 1. The molecule has 88 valence electrons. The molecule has 1 aromatic rings. The van der Waals surface area contributed by atoms with E-state index in [-0.39, 0.29) is 5.91 Å². The van der Waals surface area contributed by atoms with Crippen molar-refractivity contribution < 1.29 is 4.79 Å². The minimum absolute atomic E-state index is 0.121. The highest BCUT2D eigenvalue weighted by Crippen LogP contribution is 2.21. The topological polar surface area (TPSA) is 49.0 Å². The number of nitrogens with one attached hydrogen (secondary N) is 1. The number of aryl methyl sites for hydroxylation is 2. The van der Waals surface area contributed by atoms with E-state index in [1.54, 1.807) is 0 Å². The van der Waals surface area contributed by atoms with E-state index < -0.39 is 0 Å².